The van der Waals surface area contributed by atoms with E-state index in [1.807, 2.05) is 12.1 Å². The molecule has 1 heterocycles. The lowest BCUT2D eigenvalue weighted by Crippen LogP contribution is -2.28. The van der Waals surface area contributed by atoms with Crippen LogP contribution >= 0.6 is 15.9 Å². The summed E-state index contributed by atoms with van der Waals surface area (Å²) in [6, 6.07) is 8.17. The predicted molar refractivity (Wildman–Crippen MR) is 73.3 cm³/mol. The number of carbonyl (C=O) groups is 1. The molecule has 0 aliphatic carbocycles. The fourth-order valence-corrected chi connectivity index (χ4v) is 2.12. The molecule has 0 bridgehead atoms. The molecule has 0 fully saturated rings. The number of aryl methyl sites for hydroxylation is 1. The number of carbonyl (C=O) groups excluding carboxylic acids is 1. The maximum absolute atomic E-state index is 11.5. The average molecular weight is 324 g/mol. The zero-order valence-electron chi connectivity index (χ0n) is 10.3. The third kappa shape index (κ3) is 4.78. The van der Waals surface area contributed by atoms with Gasteiger partial charge < -0.3 is 5.32 Å². The first-order valence-electron chi connectivity index (χ1n) is 5.96. The molecule has 0 aliphatic rings. The molecular weight excluding hydrogens is 310 g/mol. The summed E-state index contributed by atoms with van der Waals surface area (Å²) < 4.78 is 2.47. The normalized spacial score (nSPS) is 10.4. The van der Waals surface area contributed by atoms with E-state index in [-0.39, 0.29) is 12.5 Å². The van der Waals surface area contributed by atoms with Gasteiger partial charge in [0, 0.05) is 11.0 Å². The van der Waals surface area contributed by atoms with Gasteiger partial charge in [-0.2, -0.15) is 0 Å². The van der Waals surface area contributed by atoms with E-state index in [1.54, 1.807) is 0 Å². The molecule has 0 saturated carbocycles. The number of nitrogens with one attached hydrogen (secondary N) is 1. The summed E-state index contributed by atoms with van der Waals surface area (Å²) in [5.74, 6) is -0.0819. The van der Waals surface area contributed by atoms with Crippen LogP contribution in [0.1, 0.15) is 12.0 Å². The Morgan fingerprint density at radius 3 is 3.05 bits per heavy atom. The van der Waals surface area contributed by atoms with Crippen LogP contribution in [0, 0.1) is 0 Å². The number of nitrogens with zero attached hydrogens (tertiary/aromatic N) is 4. The summed E-state index contributed by atoms with van der Waals surface area (Å²) in [7, 11) is 0. The van der Waals surface area contributed by atoms with Crippen LogP contribution in [0.4, 0.5) is 0 Å². The number of halogens is 1. The van der Waals surface area contributed by atoms with E-state index >= 15 is 0 Å². The highest BCUT2D eigenvalue weighted by Crippen LogP contribution is 2.12. The zero-order valence-corrected chi connectivity index (χ0v) is 11.9. The molecule has 0 atom stereocenters. The van der Waals surface area contributed by atoms with Crippen molar-refractivity contribution in [1.82, 2.24) is 25.5 Å². The number of benzene rings is 1. The molecule has 2 rings (SSSR count). The van der Waals surface area contributed by atoms with Gasteiger partial charge in [0.15, 0.2) is 0 Å². The second kappa shape index (κ2) is 6.98. The first kappa shape index (κ1) is 13.7. The van der Waals surface area contributed by atoms with E-state index in [2.05, 4.69) is 48.9 Å². The van der Waals surface area contributed by atoms with Crippen LogP contribution in [-0.2, 0) is 17.8 Å². The van der Waals surface area contributed by atoms with Crippen molar-refractivity contribution in [3.63, 3.8) is 0 Å². The summed E-state index contributed by atoms with van der Waals surface area (Å²) in [5, 5.41) is 13.4. The Morgan fingerprint density at radius 2 is 2.32 bits per heavy atom. The maximum Gasteiger partial charge on any atom is 0.241 e. The molecule has 0 unspecified atom stereocenters. The van der Waals surface area contributed by atoms with E-state index in [0.29, 0.717) is 6.54 Å². The number of tetrazole rings is 1. The molecule has 6 nitrogen and oxygen atoms in total. The Bertz CT molecular complexity index is 529. The highest BCUT2D eigenvalue weighted by Gasteiger charge is 2.02. The largest absolute Gasteiger partial charge is 0.354 e. The van der Waals surface area contributed by atoms with Crippen LogP contribution in [0.3, 0.4) is 0 Å². The van der Waals surface area contributed by atoms with E-state index in [0.717, 1.165) is 17.3 Å². The Balaban J connectivity index is 1.65. The molecule has 2 aromatic rings. The number of aromatic nitrogens is 4. The van der Waals surface area contributed by atoms with Gasteiger partial charge in [-0.1, -0.05) is 28.1 Å². The van der Waals surface area contributed by atoms with Gasteiger partial charge in [0.1, 0.15) is 12.9 Å². The molecule has 0 radical (unpaired) electrons. The minimum absolute atomic E-state index is 0.0819. The van der Waals surface area contributed by atoms with Crippen molar-refractivity contribution in [3.8, 4) is 0 Å². The summed E-state index contributed by atoms with van der Waals surface area (Å²) in [5.41, 5.74) is 1.25. The van der Waals surface area contributed by atoms with Crippen LogP contribution in [-0.4, -0.2) is 32.7 Å². The minimum atomic E-state index is -0.0819. The van der Waals surface area contributed by atoms with E-state index in [4.69, 9.17) is 0 Å². The topological polar surface area (TPSA) is 72.7 Å². The summed E-state index contributed by atoms with van der Waals surface area (Å²) in [6.45, 7) is 0.803. The molecule has 0 saturated heterocycles. The minimum Gasteiger partial charge on any atom is -0.354 e. The van der Waals surface area contributed by atoms with Gasteiger partial charge in [-0.05, 0) is 41.0 Å². The Kier molecular flexibility index (Phi) is 5.02. The highest BCUT2D eigenvalue weighted by molar-refractivity contribution is 9.10. The molecule has 1 amide bonds. The lowest BCUT2D eigenvalue weighted by Gasteiger charge is -2.05. The van der Waals surface area contributed by atoms with Crippen LogP contribution < -0.4 is 5.32 Å². The molecule has 19 heavy (non-hydrogen) atoms. The van der Waals surface area contributed by atoms with Gasteiger partial charge in [0.25, 0.3) is 0 Å². The van der Waals surface area contributed by atoms with Gasteiger partial charge in [-0.3, -0.25) is 4.79 Å². The molecular formula is C12H14BrN5O. The first-order chi connectivity index (χ1) is 9.24. The summed E-state index contributed by atoms with van der Waals surface area (Å²) >= 11 is 3.44. The van der Waals surface area contributed by atoms with Crippen molar-refractivity contribution < 1.29 is 4.79 Å². The molecule has 7 heteroatoms. The predicted octanol–water partition coefficient (Wildman–Crippen LogP) is 1.18. The molecule has 1 N–H and O–H groups in total. The molecule has 0 aliphatic heterocycles. The third-order valence-corrected chi connectivity index (χ3v) is 3.04. The van der Waals surface area contributed by atoms with Crippen molar-refractivity contribution in [2.24, 2.45) is 0 Å². The smallest absolute Gasteiger partial charge is 0.241 e. The second-order valence-corrected chi connectivity index (χ2v) is 5.01. The van der Waals surface area contributed by atoms with Crippen LogP contribution in [0.25, 0.3) is 0 Å². The van der Waals surface area contributed by atoms with E-state index in [1.165, 1.54) is 16.6 Å². The summed E-state index contributed by atoms with van der Waals surface area (Å²) in [4.78, 5) is 11.5. The fraction of sp³-hybridized carbons (Fsp3) is 0.333. The van der Waals surface area contributed by atoms with Gasteiger partial charge in [-0.25, -0.2) is 4.68 Å². The average Bonchev–Trinajstić information content (AvgIpc) is 2.87. The number of rotatable bonds is 6. The van der Waals surface area contributed by atoms with Gasteiger partial charge in [-0.15, -0.1) is 5.10 Å². The fourth-order valence-electron chi connectivity index (χ4n) is 1.67. The third-order valence-electron chi connectivity index (χ3n) is 2.55. The van der Waals surface area contributed by atoms with Gasteiger partial charge in [0.2, 0.25) is 5.91 Å². The van der Waals surface area contributed by atoms with Crippen molar-refractivity contribution >= 4 is 21.8 Å². The van der Waals surface area contributed by atoms with E-state index < -0.39 is 0 Å². The van der Waals surface area contributed by atoms with E-state index in [9.17, 15) is 4.79 Å². The van der Waals surface area contributed by atoms with Gasteiger partial charge >= 0.3 is 0 Å². The Hall–Kier alpha value is -1.76. The van der Waals surface area contributed by atoms with Crippen LogP contribution in [0.15, 0.2) is 35.1 Å². The number of hydrogen-bond donors (Lipinski definition) is 1. The van der Waals surface area contributed by atoms with Crippen molar-refractivity contribution in [2.75, 3.05) is 6.54 Å². The van der Waals surface area contributed by atoms with Crippen molar-refractivity contribution in [2.45, 2.75) is 19.4 Å². The number of hydrogen-bond acceptors (Lipinski definition) is 4. The Morgan fingerprint density at radius 1 is 1.42 bits per heavy atom. The summed E-state index contributed by atoms with van der Waals surface area (Å²) in [6.07, 6.45) is 3.25. The van der Waals surface area contributed by atoms with Crippen LogP contribution in [0.5, 0.6) is 0 Å². The molecule has 0 spiro atoms. The number of amides is 1. The quantitative estimate of drug-likeness (QED) is 0.810. The molecule has 100 valence electrons. The first-order valence-corrected chi connectivity index (χ1v) is 6.75. The highest BCUT2D eigenvalue weighted by atomic mass is 79.9. The lowest BCUT2D eigenvalue weighted by molar-refractivity contribution is -0.121. The van der Waals surface area contributed by atoms with Crippen molar-refractivity contribution in [1.29, 1.82) is 0 Å². The standard InChI is InChI=1S/C12H14BrN5O/c13-11-5-1-3-10(7-11)4-2-6-14-12(19)8-18-9-15-16-17-18/h1,3,5,7,9H,2,4,6,8H2,(H,14,19). The van der Waals surface area contributed by atoms with Gasteiger partial charge in [0.05, 0.1) is 0 Å². The zero-order chi connectivity index (χ0) is 13.5. The molecule has 1 aromatic heterocycles. The monoisotopic (exact) mass is 323 g/mol. The molecule has 1 aromatic carbocycles. The van der Waals surface area contributed by atoms with Crippen molar-refractivity contribution in [3.05, 3.63) is 40.6 Å². The second-order valence-electron chi connectivity index (χ2n) is 4.09. The Labute approximate surface area is 119 Å². The SMILES string of the molecule is O=C(Cn1cnnn1)NCCCc1cccc(Br)c1. The van der Waals surface area contributed by atoms with Crippen LogP contribution in [0.2, 0.25) is 0 Å². The lowest BCUT2D eigenvalue weighted by atomic mass is 10.1. The maximum atomic E-state index is 11.5.